The lowest BCUT2D eigenvalue weighted by atomic mass is 10.0. The molecule has 7 nitrogen and oxygen atoms in total. The largest absolute Gasteiger partial charge is 0.504 e. The van der Waals surface area contributed by atoms with Crippen LogP contribution in [0.3, 0.4) is 0 Å². The molecule has 0 saturated carbocycles. The first-order valence-electron chi connectivity index (χ1n) is 10.5. The molecular weight excluding hydrogens is 368 g/mol. The first kappa shape index (κ1) is 19.9. The van der Waals surface area contributed by atoms with Crippen molar-refractivity contribution in [1.29, 1.82) is 0 Å². The number of piperazine rings is 1. The second kappa shape index (κ2) is 8.55. The molecule has 0 bridgehead atoms. The molecule has 0 radical (unpaired) electrons. The summed E-state index contributed by atoms with van der Waals surface area (Å²) in [7, 11) is 0. The Morgan fingerprint density at radius 3 is 2.76 bits per heavy atom. The first-order chi connectivity index (χ1) is 14.0. The molecule has 7 heteroatoms. The van der Waals surface area contributed by atoms with E-state index in [1.165, 1.54) is 11.8 Å². The summed E-state index contributed by atoms with van der Waals surface area (Å²) in [5.74, 6) is 0.728. The van der Waals surface area contributed by atoms with Gasteiger partial charge in [0.2, 0.25) is 0 Å². The summed E-state index contributed by atoms with van der Waals surface area (Å²) in [6, 6.07) is 8.01. The summed E-state index contributed by atoms with van der Waals surface area (Å²) < 4.78 is 7.05. The Labute approximate surface area is 171 Å². The minimum Gasteiger partial charge on any atom is -0.504 e. The third-order valence-electron chi connectivity index (χ3n) is 5.90. The predicted molar refractivity (Wildman–Crippen MR) is 111 cm³/mol. The van der Waals surface area contributed by atoms with Crippen LogP contribution in [0.2, 0.25) is 0 Å². The van der Waals surface area contributed by atoms with Crippen LogP contribution in [-0.4, -0.2) is 76.5 Å². The Morgan fingerprint density at radius 2 is 2.07 bits per heavy atom. The SMILES string of the molecule is CC(C)c1cccc(-n2cc(O)c(C(=O)N3CCN(C[C@@H]4CCOC4)CC3)n2)c1. The van der Waals surface area contributed by atoms with E-state index < -0.39 is 0 Å². The lowest BCUT2D eigenvalue weighted by Gasteiger charge is -2.35. The van der Waals surface area contributed by atoms with Crippen molar-refractivity contribution in [3.8, 4) is 11.4 Å². The zero-order valence-corrected chi connectivity index (χ0v) is 17.3. The number of hydrogen-bond donors (Lipinski definition) is 1. The van der Waals surface area contributed by atoms with Crippen molar-refractivity contribution < 1.29 is 14.6 Å². The van der Waals surface area contributed by atoms with Crippen molar-refractivity contribution in [2.24, 2.45) is 5.92 Å². The van der Waals surface area contributed by atoms with Crippen LogP contribution in [0.1, 0.15) is 42.2 Å². The molecule has 2 saturated heterocycles. The van der Waals surface area contributed by atoms with Crippen LogP contribution in [-0.2, 0) is 4.74 Å². The average Bonchev–Trinajstić information content (AvgIpc) is 3.38. The second-order valence-corrected chi connectivity index (χ2v) is 8.38. The third kappa shape index (κ3) is 4.46. The van der Waals surface area contributed by atoms with E-state index in [9.17, 15) is 9.90 Å². The first-order valence-corrected chi connectivity index (χ1v) is 10.5. The van der Waals surface area contributed by atoms with Crippen LogP contribution in [0, 0.1) is 5.92 Å². The fraction of sp³-hybridized carbons (Fsp3) is 0.545. The summed E-state index contributed by atoms with van der Waals surface area (Å²) in [6.45, 7) is 10.0. The lowest BCUT2D eigenvalue weighted by molar-refractivity contribution is 0.0602. The molecule has 2 aromatic rings. The van der Waals surface area contributed by atoms with E-state index in [1.807, 2.05) is 18.2 Å². The van der Waals surface area contributed by atoms with Crippen LogP contribution in [0.15, 0.2) is 30.5 Å². The van der Waals surface area contributed by atoms with Crippen LogP contribution in [0.5, 0.6) is 5.75 Å². The molecule has 3 heterocycles. The molecule has 29 heavy (non-hydrogen) atoms. The summed E-state index contributed by atoms with van der Waals surface area (Å²) in [5, 5.41) is 14.8. The van der Waals surface area contributed by atoms with E-state index in [0.29, 0.717) is 24.9 Å². The summed E-state index contributed by atoms with van der Waals surface area (Å²) >= 11 is 0. The molecule has 0 spiro atoms. The molecule has 4 rings (SSSR count). The summed E-state index contributed by atoms with van der Waals surface area (Å²) in [4.78, 5) is 17.1. The Bertz CT molecular complexity index is 849. The van der Waals surface area contributed by atoms with Gasteiger partial charge in [-0.25, -0.2) is 4.68 Å². The van der Waals surface area contributed by atoms with E-state index in [4.69, 9.17) is 4.74 Å². The van der Waals surface area contributed by atoms with Gasteiger partial charge in [-0.15, -0.1) is 0 Å². The zero-order chi connectivity index (χ0) is 20.4. The van der Waals surface area contributed by atoms with Gasteiger partial charge in [0.15, 0.2) is 11.4 Å². The Balaban J connectivity index is 1.41. The van der Waals surface area contributed by atoms with Crippen LogP contribution in [0.4, 0.5) is 0 Å². The quantitative estimate of drug-likeness (QED) is 0.838. The van der Waals surface area contributed by atoms with Gasteiger partial charge in [-0.1, -0.05) is 26.0 Å². The van der Waals surface area contributed by atoms with Gasteiger partial charge in [-0.3, -0.25) is 9.69 Å². The standard InChI is InChI=1S/C22H30N4O3/c1-16(2)18-4-3-5-19(12-18)26-14-20(27)21(23-26)22(28)25-9-7-24(8-10-25)13-17-6-11-29-15-17/h3-5,12,14,16-17,27H,6-11,13,15H2,1-2H3/t17-/m0/s1. The average molecular weight is 399 g/mol. The Hall–Kier alpha value is -2.38. The minimum atomic E-state index is -0.204. The van der Waals surface area contributed by atoms with Gasteiger partial charge in [-0.05, 0) is 36.0 Å². The minimum absolute atomic E-state index is 0.0736. The number of benzene rings is 1. The number of aromatic hydroxyl groups is 1. The zero-order valence-electron chi connectivity index (χ0n) is 17.3. The highest BCUT2D eigenvalue weighted by molar-refractivity contribution is 5.95. The number of nitrogens with zero attached hydrogens (tertiary/aromatic N) is 4. The van der Waals surface area contributed by atoms with Gasteiger partial charge in [0, 0.05) is 39.3 Å². The van der Waals surface area contributed by atoms with Crippen LogP contribution >= 0.6 is 0 Å². The van der Waals surface area contributed by atoms with Crippen molar-refractivity contribution >= 4 is 5.91 Å². The van der Waals surface area contributed by atoms with Gasteiger partial charge in [0.25, 0.3) is 5.91 Å². The Kier molecular flexibility index (Phi) is 5.87. The number of carbonyl (C=O) groups is 1. The third-order valence-corrected chi connectivity index (χ3v) is 5.90. The molecule has 1 aromatic heterocycles. The highest BCUT2D eigenvalue weighted by Crippen LogP contribution is 2.23. The van der Waals surface area contributed by atoms with E-state index in [2.05, 4.69) is 29.9 Å². The fourth-order valence-corrected chi connectivity index (χ4v) is 4.05. The molecule has 0 unspecified atom stereocenters. The number of rotatable bonds is 5. The maximum Gasteiger partial charge on any atom is 0.278 e. The number of hydrogen-bond acceptors (Lipinski definition) is 5. The molecular formula is C22H30N4O3. The molecule has 1 amide bonds. The highest BCUT2D eigenvalue weighted by Gasteiger charge is 2.28. The van der Waals surface area contributed by atoms with Crippen molar-refractivity contribution in [3.05, 3.63) is 41.7 Å². The maximum atomic E-state index is 12.9. The molecule has 0 aliphatic carbocycles. The normalized spacial score (nSPS) is 20.5. The van der Waals surface area contributed by atoms with Gasteiger partial charge < -0.3 is 14.7 Å². The van der Waals surface area contributed by atoms with Crippen molar-refractivity contribution in [2.75, 3.05) is 45.9 Å². The smallest absolute Gasteiger partial charge is 0.278 e. The molecule has 1 aromatic carbocycles. The maximum absolute atomic E-state index is 12.9. The highest BCUT2D eigenvalue weighted by atomic mass is 16.5. The number of aromatic nitrogens is 2. The van der Waals surface area contributed by atoms with Crippen molar-refractivity contribution in [2.45, 2.75) is 26.2 Å². The molecule has 2 aliphatic heterocycles. The number of ether oxygens (including phenoxy) is 1. The van der Waals surface area contributed by atoms with E-state index in [0.717, 1.165) is 45.0 Å². The van der Waals surface area contributed by atoms with Crippen LogP contribution < -0.4 is 0 Å². The number of carbonyl (C=O) groups excluding carboxylic acids is 1. The summed E-state index contributed by atoms with van der Waals surface area (Å²) in [5.41, 5.74) is 2.15. The van der Waals surface area contributed by atoms with E-state index in [1.54, 1.807) is 9.58 Å². The topological polar surface area (TPSA) is 70.8 Å². The second-order valence-electron chi connectivity index (χ2n) is 8.38. The van der Waals surface area contributed by atoms with Crippen molar-refractivity contribution in [1.82, 2.24) is 19.6 Å². The molecule has 2 fully saturated rings. The summed E-state index contributed by atoms with van der Waals surface area (Å²) in [6.07, 6.45) is 2.64. The lowest BCUT2D eigenvalue weighted by Crippen LogP contribution is -2.49. The van der Waals surface area contributed by atoms with Gasteiger partial charge in [0.1, 0.15) is 0 Å². The number of amides is 1. The Morgan fingerprint density at radius 1 is 1.28 bits per heavy atom. The molecule has 156 valence electrons. The molecule has 1 N–H and O–H groups in total. The molecule has 2 aliphatic rings. The van der Waals surface area contributed by atoms with Crippen LogP contribution in [0.25, 0.3) is 5.69 Å². The van der Waals surface area contributed by atoms with E-state index >= 15 is 0 Å². The molecule has 1 atom stereocenters. The monoisotopic (exact) mass is 398 g/mol. The van der Waals surface area contributed by atoms with E-state index in [-0.39, 0.29) is 17.4 Å². The van der Waals surface area contributed by atoms with Gasteiger partial charge in [0.05, 0.1) is 18.5 Å². The van der Waals surface area contributed by atoms with Gasteiger partial charge in [-0.2, -0.15) is 5.10 Å². The van der Waals surface area contributed by atoms with Gasteiger partial charge >= 0.3 is 0 Å². The van der Waals surface area contributed by atoms with Crippen molar-refractivity contribution in [3.63, 3.8) is 0 Å². The predicted octanol–water partition coefficient (Wildman–Crippen LogP) is 2.50. The fourth-order valence-electron chi connectivity index (χ4n) is 4.05.